The quantitative estimate of drug-likeness (QED) is 0.566. The van der Waals surface area contributed by atoms with Crippen LogP contribution >= 0.6 is 0 Å². The first kappa shape index (κ1) is 16.9. The number of fused-ring (bicyclic) bond motifs is 1. The molecule has 0 aliphatic rings. The van der Waals surface area contributed by atoms with Gasteiger partial charge >= 0.3 is 0 Å². The Morgan fingerprint density at radius 1 is 1.15 bits per heavy atom. The third-order valence-corrected chi connectivity index (χ3v) is 4.29. The number of aromatic nitrogens is 6. The van der Waals surface area contributed by atoms with Crippen molar-refractivity contribution in [3.05, 3.63) is 72.6 Å². The van der Waals surface area contributed by atoms with E-state index < -0.39 is 0 Å². The number of carbonyl (C=O) groups excluding carboxylic acids is 1. The highest BCUT2D eigenvalue weighted by Gasteiger charge is 2.14. The van der Waals surface area contributed by atoms with Crippen molar-refractivity contribution in [3.8, 4) is 0 Å². The summed E-state index contributed by atoms with van der Waals surface area (Å²) in [6.07, 6.45) is 4.75. The second kappa shape index (κ2) is 7.36. The fourth-order valence-corrected chi connectivity index (χ4v) is 3.04. The maximum absolute atomic E-state index is 12.4. The Morgan fingerprint density at radius 3 is 2.85 bits per heavy atom. The normalized spacial score (nSPS) is 12.2. The molecule has 1 N–H and O–H groups in total. The minimum atomic E-state index is -0.258. The van der Waals surface area contributed by atoms with E-state index >= 15 is 0 Å². The Kier molecular flexibility index (Phi) is 4.61. The number of amides is 1. The summed E-state index contributed by atoms with van der Waals surface area (Å²) in [5.41, 5.74) is 1.42. The minimum Gasteiger partial charge on any atom is -0.346 e. The van der Waals surface area contributed by atoms with Crippen LogP contribution in [0.15, 0.2) is 61.3 Å². The van der Waals surface area contributed by atoms with E-state index in [1.165, 1.54) is 17.1 Å². The molecule has 8 nitrogen and oxygen atoms in total. The van der Waals surface area contributed by atoms with Gasteiger partial charge in [-0.2, -0.15) is 5.10 Å². The molecule has 4 rings (SSSR count). The lowest BCUT2D eigenvalue weighted by molar-refractivity contribution is 0.0931. The van der Waals surface area contributed by atoms with E-state index in [4.69, 9.17) is 0 Å². The number of nitrogens with one attached hydrogen (secondary N) is 1. The summed E-state index contributed by atoms with van der Waals surface area (Å²) in [7, 11) is 0. The number of hydrogen-bond acceptors (Lipinski definition) is 5. The maximum Gasteiger partial charge on any atom is 0.273 e. The number of benzene rings is 2. The molecule has 0 bridgehead atoms. The van der Waals surface area contributed by atoms with Gasteiger partial charge in [0, 0.05) is 6.04 Å². The molecule has 2 aromatic heterocycles. The maximum atomic E-state index is 12.4. The van der Waals surface area contributed by atoms with Crippen LogP contribution < -0.4 is 5.32 Å². The third kappa shape index (κ3) is 3.84. The molecule has 0 saturated carbocycles. The van der Waals surface area contributed by atoms with Crippen LogP contribution in [0.5, 0.6) is 0 Å². The van der Waals surface area contributed by atoms with Crippen molar-refractivity contribution in [1.82, 2.24) is 35.1 Å². The Hall–Kier alpha value is -3.55. The van der Waals surface area contributed by atoms with Gasteiger partial charge < -0.3 is 5.32 Å². The van der Waals surface area contributed by atoms with Gasteiger partial charge in [0.15, 0.2) is 5.69 Å². The number of hydrogen-bond donors (Lipinski definition) is 1. The molecular weight excluding hydrogens is 342 g/mol. The van der Waals surface area contributed by atoms with Crippen molar-refractivity contribution in [2.24, 2.45) is 0 Å². The average Bonchev–Trinajstić information content (AvgIpc) is 3.34. The van der Waals surface area contributed by atoms with Crippen molar-refractivity contribution >= 4 is 16.7 Å². The van der Waals surface area contributed by atoms with Gasteiger partial charge in [-0.15, -0.1) is 5.10 Å². The van der Waals surface area contributed by atoms with Gasteiger partial charge in [-0.3, -0.25) is 9.48 Å². The van der Waals surface area contributed by atoms with Gasteiger partial charge in [-0.05, 0) is 23.3 Å². The first-order valence-corrected chi connectivity index (χ1v) is 8.69. The van der Waals surface area contributed by atoms with Gasteiger partial charge in [0.05, 0.1) is 19.3 Å². The predicted molar refractivity (Wildman–Crippen MR) is 100 cm³/mol. The molecule has 0 saturated heterocycles. The van der Waals surface area contributed by atoms with Crippen molar-refractivity contribution < 1.29 is 4.79 Å². The molecule has 0 spiro atoms. The summed E-state index contributed by atoms with van der Waals surface area (Å²) < 4.78 is 3.35. The molecule has 0 radical (unpaired) electrons. The average molecular weight is 361 g/mol. The van der Waals surface area contributed by atoms with Crippen LogP contribution in [0.25, 0.3) is 10.8 Å². The van der Waals surface area contributed by atoms with Crippen molar-refractivity contribution in [1.29, 1.82) is 0 Å². The first-order chi connectivity index (χ1) is 13.2. The first-order valence-electron chi connectivity index (χ1n) is 8.69. The lowest BCUT2D eigenvalue weighted by atomic mass is 10.0. The van der Waals surface area contributed by atoms with E-state index in [1.54, 1.807) is 21.9 Å². The van der Waals surface area contributed by atoms with Crippen LogP contribution in [-0.2, 0) is 13.1 Å². The fraction of sp³-hybridized carbons (Fsp3) is 0.211. The van der Waals surface area contributed by atoms with Crippen LogP contribution in [0.2, 0.25) is 0 Å². The zero-order valence-electron chi connectivity index (χ0n) is 14.9. The summed E-state index contributed by atoms with van der Waals surface area (Å²) >= 11 is 0. The lowest BCUT2D eigenvalue weighted by Gasteiger charge is -2.12. The summed E-state index contributed by atoms with van der Waals surface area (Å²) in [5.74, 6) is -0.258. The van der Waals surface area contributed by atoms with E-state index in [1.807, 2.05) is 25.1 Å². The topological polar surface area (TPSA) is 90.5 Å². The number of rotatable bonds is 6. The lowest BCUT2D eigenvalue weighted by Crippen LogP contribution is -2.36. The number of carbonyl (C=O) groups is 1. The largest absolute Gasteiger partial charge is 0.346 e. The zero-order valence-corrected chi connectivity index (χ0v) is 14.9. The molecular formula is C19H19N7O. The van der Waals surface area contributed by atoms with E-state index in [2.05, 4.69) is 50.0 Å². The zero-order chi connectivity index (χ0) is 18.6. The van der Waals surface area contributed by atoms with E-state index in [0.29, 0.717) is 18.8 Å². The van der Waals surface area contributed by atoms with Crippen molar-refractivity contribution in [3.63, 3.8) is 0 Å². The highest BCUT2D eigenvalue weighted by Crippen LogP contribution is 2.19. The molecule has 0 aliphatic carbocycles. The third-order valence-electron chi connectivity index (χ3n) is 4.29. The van der Waals surface area contributed by atoms with Crippen LogP contribution in [0, 0.1) is 0 Å². The van der Waals surface area contributed by atoms with Gasteiger partial charge in [0.25, 0.3) is 5.91 Å². The van der Waals surface area contributed by atoms with Gasteiger partial charge in [-0.25, -0.2) is 9.67 Å². The van der Waals surface area contributed by atoms with E-state index in [0.717, 1.165) is 5.56 Å². The fourth-order valence-electron chi connectivity index (χ4n) is 3.04. The Morgan fingerprint density at radius 2 is 2.00 bits per heavy atom. The smallest absolute Gasteiger partial charge is 0.273 e. The van der Waals surface area contributed by atoms with Crippen molar-refractivity contribution in [2.75, 3.05) is 0 Å². The summed E-state index contributed by atoms with van der Waals surface area (Å²) in [6, 6.07) is 14.2. The summed E-state index contributed by atoms with van der Waals surface area (Å²) in [4.78, 5) is 16.3. The molecule has 136 valence electrons. The van der Waals surface area contributed by atoms with Crippen LogP contribution in [0.1, 0.15) is 23.0 Å². The molecule has 27 heavy (non-hydrogen) atoms. The summed E-state index contributed by atoms with van der Waals surface area (Å²) in [6.45, 7) is 2.99. The van der Waals surface area contributed by atoms with Gasteiger partial charge in [-0.1, -0.05) is 47.7 Å². The SMILES string of the molecule is CC(Cn1cncn1)NC(=O)c1cn(Cc2cccc3ccccc23)nn1. The highest BCUT2D eigenvalue weighted by atomic mass is 16.2. The van der Waals surface area contributed by atoms with Crippen molar-refractivity contribution in [2.45, 2.75) is 26.1 Å². The summed E-state index contributed by atoms with van der Waals surface area (Å²) in [5, 5.41) is 17.4. The molecule has 1 atom stereocenters. The Labute approximate surface area is 155 Å². The monoisotopic (exact) mass is 361 g/mol. The molecule has 4 aromatic rings. The molecule has 2 aromatic carbocycles. The molecule has 2 heterocycles. The highest BCUT2D eigenvalue weighted by molar-refractivity contribution is 5.92. The molecule has 1 unspecified atom stereocenters. The molecule has 0 fully saturated rings. The molecule has 0 aliphatic heterocycles. The Bertz CT molecular complexity index is 1050. The molecule has 1 amide bonds. The van der Waals surface area contributed by atoms with Crippen LogP contribution in [-0.4, -0.2) is 41.7 Å². The van der Waals surface area contributed by atoms with Crippen LogP contribution in [0.4, 0.5) is 0 Å². The Balaban J connectivity index is 1.44. The number of nitrogens with zero attached hydrogens (tertiary/aromatic N) is 6. The molecule has 8 heteroatoms. The van der Waals surface area contributed by atoms with Gasteiger partial charge in [0.1, 0.15) is 12.7 Å². The second-order valence-corrected chi connectivity index (χ2v) is 6.43. The minimum absolute atomic E-state index is 0.109. The van der Waals surface area contributed by atoms with E-state index in [-0.39, 0.29) is 11.9 Å². The van der Waals surface area contributed by atoms with Gasteiger partial charge in [0.2, 0.25) is 0 Å². The predicted octanol–water partition coefficient (Wildman–Crippen LogP) is 1.89. The second-order valence-electron chi connectivity index (χ2n) is 6.43. The van der Waals surface area contributed by atoms with Crippen LogP contribution in [0.3, 0.4) is 0 Å². The standard InChI is InChI=1S/C19H19N7O/c1-14(9-26-13-20-12-21-26)22-19(27)18-11-25(24-23-18)10-16-7-4-6-15-5-2-3-8-17(15)16/h2-8,11-14H,9-10H2,1H3,(H,22,27). The van der Waals surface area contributed by atoms with E-state index in [9.17, 15) is 4.79 Å².